The molecular weight excluding hydrogens is 314 g/mol. The van der Waals surface area contributed by atoms with Crippen molar-refractivity contribution in [2.24, 2.45) is 35.0 Å². The molecular formula is C25H43N. The molecule has 1 heteroatoms. The molecule has 0 unspecified atom stereocenters. The van der Waals surface area contributed by atoms with Gasteiger partial charge in [0.25, 0.3) is 0 Å². The number of hydrogen-bond donors (Lipinski definition) is 0. The highest BCUT2D eigenvalue weighted by Crippen LogP contribution is 2.49. The third-order valence-electron chi connectivity index (χ3n) is 8.85. The second-order valence-electron chi connectivity index (χ2n) is 10.2. The molecule has 0 N–H and O–H groups in total. The molecule has 148 valence electrons. The van der Waals surface area contributed by atoms with E-state index in [-0.39, 0.29) is 5.41 Å². The van der Waals surface area contributed by atoms with Crippen LogP contribution in [0.4, 0.5) is 0 Å². The van der Waals surface area contributed by atoms with E-state index in [4.69, 9.17) is 0 Å². The summed E-state index contributed by atoms with van der Waals surface area (Å²) in [6.45, 7) is 4.63. The molecule has 0 radical (unpaired) electrons. The second-order valence-corrected chi connectivity index (χ2v) is 10.2. The molecule has 3 rings (SSSR count). The van der Waals surface area contributed by atoms with E-state index in [1.165, 1.54) is 96.3 Å². The number of nitrogens with zero attached hydrogens (tertiary/aromatic N) is 1. The maximum atomic E-state index is 9.73. The Morgan fingerprint density at radius 2 is 1.19 bits per heavy atom. The quantitative estimate of drug-likeness (QED) is 0.474. The first-order valence-electron chi connectivity index (χ1n) is 12.1. The van der Waals surface area contributed by atoms with Gasteiger partial charge in [-0.05, 0) is 100 Å². The first kappa shape index (κ1) is 20.2. The molecule has 3 fully saturated rings. The molecule has 0 saturated heterocycles. The van der Waals surface area contributed by atoms with E-state index >= 15 is 0 Å². The monoisotopic (exact) mass is 357 g/mol. The summed E-state index contributed by atoms with van der Waals surface area (Å²) < 4.78 is 0. The molecule has 3 aliphatic rings. The molecule has 3 saturated carbocycles. The van der Waals surface area contributed by atoms with Gasteiger partial charge >= 0.3 is 0 Å². The predicted octanol–water partition coefficient (Wildman–Crippen LogP) is 7.90. The van der Waals surface area contributed by atoms with Crippen LogP contribution in [-0.2, 0) is 0 Å². The molecule has 0 bridgehead atoms. The Kier molecular flexibility index (Phi) is 7.48. The zero-order valence-corrected chi connectivity index (χ0v) is 17.6. The Hall–Kier alpha value is -0.510. The van der Waals surface area contributed by atoms with Crippen LogP contribution >= 0.6 is 0 Å². The van der Waals surface area contributed by atoms with E-state index in [0.717, 1.165) is 36.0 Å². The third-order valence-corrected chi connectivity index (χ3v) is 8.85. The van der Waals surface area contributed by atoms with Crippen LogP contribution in [0.1, 0.15) is 117 Å². The maximum Gasteiger partial charge on any atom is 0.0689 e. The molecule has 0 amide bonds. The lowest BCUT2D eigenvalue weighted by Gasteiger charge is -2.43. The van der Waals surface area contributed by atoms with Crippen LogP contribution in [-0.4, -0.2) is 0 Å². The Morgan fingerprint density at radius 1 is 0.731 bits per heavy atom. The topological polar surface area (TPSA) is 23.8 Å². The van der Waals surface area contributed by atoms with Gasteiger partial charge in [0.2, 0.25) is 0 Å². The molecule has 3 aliphatic carbocycles. The van der Waals surface area contributed by atoms with Gasteiger partial charge in [-0.25, -0.2) is 0 Å². The van der Waals surface area contributed by atoms with Gasteiger partial charge in [0.1, 0.15) is 0 Å². The van der Waals surface area contributed by atoms with Crippen LogP contribution in [0.25, 0.3) is 0 Å². The average molecular weight is 358 g/mol. The smallest absolute Gasteiger partial charge is 0.0689 e. The summed E-state index contributed by atoms with van der Waals surface area (Å²) >= 11 is 0. The van der Waals surface area contributed by atoms with Crippen LogP contribution < -0.4 is 0 Å². The molecule has 0 heterocycles. The zero-order chi connectivity index (χ0) is 18.4. The van der Waals surface area contributed by atoms with Crippen molar-refractivity contribution in [1.82, 2.24) is 0 Å². The molecule has 1 nitrogen and oxygen atoms in total. The Bertz CT molecular complexity index is 437. The van der Waals surface area contributed by atoms with E-state index in [9.17, 15) is 5.26 Å². The largest absolute Gasteiger partial charge is 0.198 e. The second kappa shape index (κ2) is 9.61. The summed E-state index contributed by atoms with van der Waals surface area (Å²) in [7, 11) is 0. The fourth-order valence-corrected chi connectivity index (χ4v) is 6.75. The van der Waals surface area contributed by atoms with Crippen molar-refractivity contribution in [3.8, 4) is 6.07 Å². The summed E-state index contributed by atoms with van der Waals surface area (Å²) in [4.78, 5) is 0. The van der Waals surface area contributed by atoms with Crippen LogP contribution in [0.15, 0.2) is 0 Å². The molecule has 0 aliphatic heterocycles. The number of hydrogen-bond acceptors (Lipinski definition) is 1. The maximum absolute atomic E-state index is 9.73. The minimum atomic E-state index is 0.0433. The van der Waals surface area contributed by atoms with Crippen molar-refractivity contribution in [2.45, 2.75) is 117 Å². The summed E-state index contributed by atoms with van der Waals surface area (Å²) in [5.41, 5.74) is 0.0433. The fraction of sp³-hybridized carbons (Fsp3) is 0.960. The summed E-state index contributed by atoms with van der Waals surface area (Å²) in [5, 5.41) is 9.73. The van der Waals surface area contributed by atoms with Crippen molar-refractivity contribution >= 4 is 0 Å². The summed E-state index contributed by atoms with van der Waals surface area (Å²) in [6.07, 6.45) is 22.2. The normalized spacial score (nSPS) is 41.5. The summed E-state index contributed by atoms with van der Waals surface area (Å²) in [5.74, 6) is 5.08. The summed E-state index contributed by atoms with van der Waals surface area (Å²) in [6, 6.07) is 2.73. The van der Waals surface area contributed by atoms with Gasteiger partial charge in [0.05, 0.1) is 11.5 Å². The average Bonchev–Trinajstić information content (AvgIpc) is 2.73. The van der Waals surface area contributed by atoms with E-state index in [0.29, 0.717) is 0 Å². The van der Waals surface area contributed by atoms with Gasteiger partial charge in [-0.15, -0.1) is 0 Å². The highest BCUT2D eigenvalue weighted by atomic mass is 14.5. The highest BCUT2D eigenvalue weighted by Gasteiger charge is 2.39. The van der Waals surface area contributed by atoms with Gasteiger partial charge in [-0.3, -0.25) is 0 Å². The van der Waals surface area contributed by atoms with Crippen molar-refractivity contribution < 1.29 is 0 Å². The molecule has 26 heavy (non-hydrogen) atoms. The van der Waals surface area contributed by atoms with Crippen LogP contribution in [0, 0.1) is 46.3 Å². The lowest BCUT2D eigenvalue weighted by Crippen LogP contribution is -2.32. The number of nitriles is 1. The molecule has 0 aromatic heterocycles. The van der Waals surface area contributed by atoms with Crippen LogP contribution in [0.3, 0.4) is 0 Å². The van der Waals surface area contributed by atoms with Crippen molar-refractivity contribution in [2.75, 3.05) is 0 Å². The van der Waals surface area contributed by atoms with E-state index < -0.39 is 0 Å². The van der Waals surface area contributed by atoms with Crippen LogP contribution in [0.2, 0.25) is 0 Å². The SMILES string of the molecule is CCCCC1(C#N)CCC(C2CCC(C3CCC(CC)CC3)CC2)CC1. The highest BCUT2D eigenvalue weighted by molar-refractivity contribution is 5.02. The first-order valence-corrected chi connectivity index (χ1v) is 12.1. The minimum Gasteiger partial charge on any atom is -0.198 e. The first-order chi connectivity index (χ1) is 12.7. The Labute approximate surface area is 163 Å². The van der Waals surface area contributed by atoms with Crippen molar-refractivity contribution in [3.05, 3.63) is 0 Å². The van der Waals surface area contributed by atoms with Gasteiger partial charge in [-0.1, -0.05) is 46.0 Å². The Morgan fingerprint density at radius 3 is 1.62 bits per heavy atom. The third kappa shape index (κ3) is 4.85. The Balaban J connectivity index is 1.41. The van der Waals surface area contributed by atoms with E-state index in [1.54, 1.807) is 0 Å². The van der Waals surface area contributed by atoms with E-state index in [2.05, 4.69) is 19.9 Å². The number of unbranched alkanes of at least 4 members (excludes halogenated alkanes) is 1. The fourth-order valence-electron chi connectivity index (χ4n) is 6.75. The van der Waals surface area contributed by atoms with Gasteiger partial charge < -0.3 is 0 Å². The van der Waals surface area contributed by atoms with Gasteiger partial charge in [0, 0.05) is 0 Å². The molecule has 0 aromatic rings. The van der Waals surface area contributed by atoms with Gasteiger partial charge in [0.15, 0.2) is 0 Å². The molecule has 0 atom stereocenters. The molecule has 0 spiro atoms. The lowest BCUT2D eigenvalue weighted by atomic mass is 9.62. The standard InChI is InChI=1S/C25H43N/c1-3-5-16-25(19-26)17-14-24(15-18-25)23-12-10-22(11-13-23)21-8-6-20(4-2)7-9-21/h20-24H,3-18H2,1-2H3. The minimum absolute atomic E-state index is 0.0433. The lowest BCUT2D eigenvalue weighted by molar-refractivity contribution is 0.0904. The van der Waals surface area contributed by atoms with Gasteiger partial charge in [-0.2, -0.15) is 5.26 Å². The number of rotatable bonds is 6. The predicted molar refractivity (Wildman–Crippen MR) is 111 cm³/mol. The molecule has 0 aromatic carbocycles. The van der Waals surface area contributed by atoms with E-state index in [1.807, 2.05) is 0 Å². The van der Waals surface area contributed by atoms with Crippen LogP contribution in [0.5, 0.6) is 0 Å². The zero-order valence-electron chi connectivity index (χ0n) is 17.6. The van der Waals surface area contributed by atoms with Crippen molar-refractivity contribution in [3.63, 3.8) is 0 Å². The van der Waals surface area contributed by atoms with Crippen molar-refractivity contribution in [1.29, 1.82) is 5.26 Å².